The number of nitrogens with zero attached hydrogens (tertiary/aromatic N) is 4. The zero-order chi connectivity index (χ0) is 19.9. The van der Waals surface area contributed by atoms with E-state index in [1.165, 1.54) is 24.3 Å². The average molecular weight is 383 g/mol. The fourth-order valence-corrected chi connectivity index (χ4v) is 3.04. The van der Waals surface area contributed by atoms with Gasteiger partial charge in [0.05, 0.1) is 11.5 Å². The van der Waals surface area contributed by atoms with Gasteiger partial charge in [0.25, 0.3) is 11.6 Å². The van der Waals surface area contributed by atoms with E-state index in [4.69, 9.17) is 0 Å². The minimum absolute atomic E-state index is 0.135. The van der Waals surface area contributed by atoms with Gasteiger partial charge in [-0.15, -0.1) is 0 Å². The van der Waals surface area contributed by atoms with Gasteiger partial charge in [-0.1, -0.05) is 12.1 Å². The summed E-state index contributed by atoms with van der Waals surface area (Å²) in [4.78, 5) is 42.8. The van der Waals surface area contributed by atoms with Crippen LogP contribution in [0.3, 0.4) is 0 Å². The summed E-state index contributed by atoms with van der Waals surface area (Å²) in [5.41, 5.74) is 1.12. The number of piperazine rings is 1. The Kier molecular flexibility index (Phi) is 6.28. The molecule has 3 rings (SSSR count). The van der Waals surface area contributed by atoms with E-state index in [9.17, 15) is 19.7 Å². The lowest BCUT2D eigenvalue weighted by Crippen LogP contribution is -2.50. The number of carbonyl (C=O) groups is 2. The standard InChI is InChI=1S/C19H21N5O4/c25-18(13-21-19(26)16-4-1-5-17(11-16)24(27)28)23-9-7-22(8-10-23)14-15-3-2-6-20-12-15/h1-6,11-12H,7-10,13-14H2,(H,21,26). The lowest BCUT2D eigenvalue weighted by molar-refractivity contribution is -0.384. The van der Waals surface area contributed by atoms with E-state index in [1.54, 1.807) is 11.1 Å². The Labute approximate surface area is 162 Å². The highest BCUT2D eigenvalue weighted by Gasteiger charge is 2.21. The summed E-state index contributed by atoms with van der Waals surface area (Å²) in [6.07, 6.45) is 3.57. The minimum atomic E-state index is -0.563. The highest BCUT2D eigenvalue weighted by molar-refractivity contribution is 5.96. The topological polar surface area (TPSA) is 109 Å². The predicted octanol–water partition coefficient (Wildman–Crippen LogP) is 1.06. The molecule has 1 fully saturated rings. The first-order chi connectivity index (χ1) is 13.5. The second kappa shape index (κ2) is 9.05. The van der Waals surface area contributed by atoms with Crippen LogP contribution in [0.15, 0.2) is 48.8 Å². The monoisotopic (exact) mass is 383 g/mol. The molecule has 0 spiro atoms. The van der Waals surface area contributed by atoms with E-state index >= 15 is 0 Å². The Balaban J connectivity index is 1.45. The smallest absolute Gasteiger partial charge is 0.270 e. The Morgan fingerprint density at radius 1 is 1.14 bits per heavy atom. The number of aromatic nitrogens is 1. The molecule has 1 N–H and O–H groups in total. The Morgan fingerprint density at radius 2 is 1.93 bits per heavy atom. The summed E-state index contributed by atoms with van der Waals surface area (Å²) in [7, 11) is 0. The molecule has 1 aliphatic heterocycles. The molecule has 0 unspecified atom stereocenters. The predicted molar refractivity (Wildman–Crippen MR) is 102 cm³/mol. The summed E-state index contributed by atoms with van der Waals surface area (Å²) >= 11 is 0. The van der Waals surface area contributed by atoms with E-state index in [2.05, 4.69) is 15.2 Å². The van der Waals surface area contributed by atoms with Crippen LogP contribution < -0.4 is 5.32 Å². The van der Waals surface area contributed by atoms with Crippen molar-refractivity contribution in [3.8, 4) is 0 Å². The van der Waals surface area contributed by atoms with Crippen molar-refractivity contribution in [1.29, 1.82) is 0 Å². The van der Waals surface area contributed by atoms with E-state index in [1.807, 2.05) is 18.3 Å². The molecule has 1 aliphatic rings. The van der Waals surface area contributed by atoms with Crippen molar-refractivity contribution in [2.45, 2.75) is 6.54 Å². The molecule has 0 radical (unpaired) electrons. The van der Waals surface area contributed by atoms with Crippen molar-refractivity contribution in [2.75, 3.05) is 32.7 Å². The lowest BCUT2D eigenvalue weighted by atomic mass is 10.2. The highest BCUT2D eigenvalue weighted by atomic mass is 16.6. The average Bonchev–Trinajstić information content (AvgIpc) is 2.73. The molecule has 1 aromatic heterocycles. The van der Waals surface area contributed by atoms with Crippen LogP contribution in [0.4, 0.5) is 5.69 Å². The molecule has 9 nitrogen and oxygen atoms in total. The number of nitrogens with one attached hydrogen (secondary N) is 1. The largest absolute Gasteiger partial charge is 0.343 e. The van der Waals surface area contributed by atoms with Crippen LogP contribution in [0.5, 0.6) is 0 Å². The van der Waals surface area contributed by atoms with E-state index in [-0.39, 0.29) is 23.7 Å². The number of nitro groups is 1. The van der Waals surface area contributed by atoms with Crippen molar-refractivity contribution >= 4 is 17.5 Å². The number of rotatable bonds is 6. The van der Waals surface area contributed by atoms with Crippen molar-refractivity contribution in [3.63, 3.8) is 0 Å². The normalized spacial score (nSPS) is 14.5. The van der Waals surface area contributed by atoms with Gasteiger partial charge in [-0.3, -0.25) is 29.6 Å². The van der Waals surface area contributed by atoms with E-state index in [0.29, 0.717) is 13.1 Å². The molecule has 146 valence electrons. The fourth-order valence-electron chi connectivity index (χ4n) is 3.04. The van der Waals surface area contributed by atoms with E-state index in [0.717, 1.165) is 25.2 Å². The third-order valence-electron chi connectivity index (χ3n) is 4.57. The molecule has 2 amide bonds. The van der Waals surface area contributed by atoms with Crippen LogP contribution in [-0.4, -0.2) is 64.2 Å². The molecule has 28 heavy (non-hydrogen) atoms. The van der Waals surface area contributed by atoms with E-state index < -0.39 is 10.8 Å². The number of pyridine rings is 1. The molecule has 2 aromatic rings. The van der Waals surface area contributed by atoms with Crippen molar-refractivity contribution in [3.05, 3.63) is 70.0 Å². The SMILES string of the molecule is O=C(NCC(=O)N1CCN(Cc2cccnc2)CC1)c1cccc([N+](=O)[O-])c1. The summed E-state index contributed by atoms with van der Waals surface area (Å²) in [6.45, 7) is 3.33. The van der Waals surface area contributed by atoms with Gasteiger partial charge in [0.1, 0.15) is 0 Å². The van der Waals surface area contributed by atoms with Gasteiger partial charge in [0.15, 0.2) is 0 Å². The first-order valence-electron chi connectivity index (χ1n) is 8.94. The van der Waals surface area contributed by atoms with Gasteiger partial charge in [0.2, 0.25) is 5.91 Å². The molecule has 0 atom stereocenters. The van der Waals surface area contributed by atoms with Crippen LogP contribution in [0, 0.1) is 10.1 Å². The van der Waals surface area contributed by atoms with Crippen molar-refractivity contribution < 1.29 is 14.5 Å². The molecule has 0 aliphatic carbocycles. The molecular weight excluding hydrogens is 362 g/mol. The maximum absolute atomic E-state index is 12.3. The van der Waals surface area contributed by atoms with Crippen molar-refractivity contribution in [1.82, 2.24) is 20.1 Å². The molecule has 1 saturated heterocycles. The molecule has 9 heteroatoms. The summed E-state index contributed by atoms with van der Waals surface area (Å²) in [5, 5.41) is 13.3. The quantitative estimate of drug-likeness (QED) is 0.590. The van der Waals surface area contributed by atoms with Crippen LogP contribution in [0.1, 0.15) is 15.9 Å². The number of carbonyl (C=O) groups excluding carboxylic acids is 2. The Morgan fingerprint density at radius 3 is 2.61 bits per heavy atom. The number of hydrogen-bond donors (Lipinski definition) is 1. The van der Waals surface area contributed by atoms with Crippen LogP contribution in [0.2, 0.25) is 0 Å². The van der Waals surface area contributed by atoms with Crippen molar-refractivity contribution in [2.24, 2.45) is 0 Å². The molecular formula is C19H21N5O4. The first kappa shape index (κ1) is 19.4. The maximum Gasteiger partial charge on any atom is 0.270 e. The third-order valence-corrected chi connectivity index (χ3v) is 4.57. The summed E-state index contributed by atoms with van der Waals surface area (Å²) < 4.78 is 0. The van der Waals surface area contributed by atoms with Gasteiger partial charge >= 0.3 is 0 Å². The van der Waals surface area contributed by atoms with Gasteiger partial charge in [-0.05, 0) is 17.7 Å². The lowest BCUT2D eigenvalue weighted by Gasteiger charge is -2.34. The van der Waals surface area contributed by atoms with Gasteiger partial charge in [-0.25, -0.2) is 0 Å². The zero-order valence-corrected chi connectivity index (χ0v) is 15.3. The Hall–Kier alpha value is -3.33. The van der Waals surface area contributed by atoms with Crippen LogP contribution >= 0.6 is 0 Å². The minimum Gasteiger partial charge on any atom is -0.343 e. The Bertz CT molecular complexity index is 850. The second-order valence-electron chi connectivity index (χ2n) is 6.51. The zero-order valence-electron chi connectivity index (χ0n) is 15.3. The molecule has 1 aromatic carbocycles. The van der Waals surface area contributed by atoms with Gasteiger partial charge in [0, 0.05) is 62.8 Å². The second-order valence-corrected chi connectivity index (χ2v) is 6.51. The number of nitro benzene ring substituents is 1. The summed E-state index contributed by atoms with van der Waals surface area (Å²) in [6, 6.07) is 9.34. The maximum atomic E-state index is 12.3. The summed E-state index contributed by atoms with van der Waals surface area (Å²) in [5.74, 6) is -0.674. The number of benzene rings is 1. The first-order valence-corrected chi connectivity index (χ1v) is 8.94. The van der Waals surface area contributed by atoms with Crippen LogP contribution in [-0.2, 0) is 11.3 Å². The number of amides is 2. The molecule has 0 saturated carbocycles. The molecule has 0 bridgehead atoms. The fraction of sp³-hybridized carbons (Fsp3) is 0.316. The van der Waals surface area contributed by atoms with Gasteiger partial charge in [-0.2, -0.15) is 0 Å². The number of non-ortho nitro benzene ring substituents is 1. The van der Waals surface area contributed by atoms with Crippen LogP contribution in [0.25, 0.3) is 0 Å². The van der Waals surface area contributed by atoms with Gasteiger partial charge < -0.3 is 10.2 Å². The number of hydrogen-bond acceptors (Lipinski definition) is 6. The third kappa shape index (κ3) is 5.10. The molecule has 2 heterocycles. The highest BCUT2D eigenvalue weighted by Crippen LogP contribution is 2.13.